The number of pyridine rings is 1. The van der Waals surface area contributed by atoms with Gasteiger partial charge >= 0.3 is 6.18 Å². The van der Waals surface area contributed by atoms with Gasteiger partial charge in [-0.2, -0.15) is 22.7 Å². The summed E-state index contributed by atoms with van der Waals surface area (Å²) in [5.74, 6) is -0.790. The van der Waals surface area contributed by atoms with Crippen LogP contribution in [0, 0.1) is 17.1 Å². The van der Waals surface area contributed by atoms with Crippen molar-refractivity contribution in [2.75, 3.05) is 13.2 Å². The van der Waals surface area contributed by atoms with E-state index in [0.717, 1.165) is 42.7 Å². The second kappa shape index (κ2) is 7.99. The maximum absolute atomic E-state index is 13.7. The number of alkyl halides is 3. The highest BCUT2D eigenvalue weighted by atomic mass is 32.2. The molecule has 1 aromatic heterocycles. The minimum absolute atomic E-state index is 0.0540. The van der Waals surface area contributed by atoms with Crippen LogP contribution in [0.25, 0.3) is 0 Å². The number of nitriles is 1. The van der Waals surface area contributed by atoms with E-state index in [4.69, 9.17) is 10.4 Å². The van der Waals surface area contributed by atoms with Gasteiger partial charge in [0.05, 0.1) is 12.2 Å². The number of hydrogen-bond donors (Lipinski definition) is 1. The Balaban J connectivity index is 2.63. The Kier molecular flexibility index (Phi) is 6.15. The molecule has 11 heteroatoms. The van der Waals surface area contributed by atoms with Gasteiger partial charge in [-0.1, -0.05) is 12.1 Å². The van der Waals surface area contributed by atoms with Gasteiger partial charge in [-0.05, 0) is 23.8 Å². The Morgan fingerprint density at radius 2 is 1.85 bits per heavy atom. The summed E-state index contributed by atoms with van der Waals surface area (Å²) in [6.45, 7) is -1.76. The van der Waals surface area contributed by atoms with Crippen LogP contribution in [-0.4, -0.2) is 42.1 Å². The summed E-state index contributed by atoms with van der Waals surface area (Å²) in [5, 5.41) is 18.0. The van der Waals surface area contributed by atoms with Gasteiger partial charge in [-0.25, -0.2) is 12.8 Å². The maximum Gasteiger partial charge on any atom is 0.409 e. The fourth-order valence-electron chi connectivity index (χ4n) is 2.41. The largest absolute Gasteiger partial charge is 0.409 e. The fourth-order valence-corrected chi connectivity index (χ4v) is 3.99. The van der Waals surface area contributed by atoms with Crippen molar-refractivity contribution in [1.82, 2.24) is 9.29 Å². The standard InChI is InChI=1S/C16H13F4N3O3S/c17-13-3-1-12(2-4-13)15(16(18,19)20)23(5-6-24)27(25,26)14-7-11(8-21)9-22-10-14/h1-4,7,9-10,15,24H,5-6H2. The molecule has 1 atom stereocenters. The average molecular weight is 403 g/mol. The normalized spacial score (nSPS) is 13.4. The van der Waals surface area contributed by atoms with Gasteiger partial charge in [0.25, 0.3) is 0 Å². The van der Waals surface area contributed by atoms with Crippen molar-refractivity contribution in [2.45, 2.75) is 17.1 Å². The number of aliphatic hydroxyl groups is 1. The molecule has 0 saturated heterocycles. The second-order valence-corrected chi connectivity index (χ2v) is 7.25. The smallest absolute Gasteiger partial charge is 0.395 e. The molecule has 0 aliphatic carbocycles. The molecule has 6 nitrogen and oxygen atoms in total. The molecule has 0 radical (unpaired) electrons. The van der Waals surface area contributed by atoms with Crippen molar-refractivity contribution in [3.8, 4) is 6.07 Å². The lowest BCUT2D eigenvalue weighted by Crippen LogP contribution is -2.43. The van der Waals surface area contributed by atoms with Crippen LogP contribution in [0.2, 0.25) is 0 Å². The molecule has 144 valence electrons. The second-order valence-electron chi connectivity index (χ2n) is 5.36. The van der Waals surface area contributed by atoms with Gasteiger partial charge in [0.1, 0.15) is 22.8 Å². The van der Waals surface area contributed by atoms with Gasteiger partial charge in [0, 0.05) is 18.9 Å². The molecule has 0 aliphatic heterocycles. The lowest BCUT2D eigenvalue weighted by atomic mass is 10.1. The molecule has 2 rings (SSSR count). The van der Waals surface area contributed by atoms with Crippen molar-refractivity contribution in [1.29, 1.82) is 5.26 Å². The first-order chi connectivity index (χ1) is 12.6. The number of benzene rings is 1. The quantitative estimate of drug-likeness (QED) is 0.748. The topological polar surface area (TPSA) is 94.3 Å². The van der Waals surface area contributed by atoms with Crippen LogP contribution in [0.3, 0.4) is 0 Å². The Bertz CT molecular complexity index is 941. The number of aliphatic hydroxyl groups excluding tert-OH is 1. The minimum atomic E-state index is -5.06. The van der Waals surface area contributed by atoms with Gasteiger partial charge < -0.3 is 5.11 Å². The summed E-state index contributed by atoms with van der Waals surface area (Å²) >= 11 is 0. The number of hydrogen-bond acceptors (Lipinski definition) is 5. The van der Waals surface area contributed by atoms with Crippen LogP contribution in [0.15, 0.2) is 47.6 Å². The van der Waals surface area contributed by atoms with Crippen LogP contribution in [0.4, 0.5) is 17.6 Å². The van der Waals surface area contributed by atoms with Crippen molar-refractivity contribution >= 4 is 10.0 Å². The third kappa shape index (κ3) is 4.60. The van der Waals surface area contributed by atoms with E-state index in [1.165, 1.54) is 0 Å². The van der Waals surface area contributed by atoms with E-state index in [1.807, 2.05) is 0 Å². The Labute approximate surface area is 152 Å². The molecule has 0 spiro atoms. The third-order valence-corrected chi connectivity index (χ3v) is 5.38. The van der Waals surface area contributed by atoms with Gasteiger partial charge in [-0.15, -0.1) is 0 Å². The number of rotatable bonds is 6. The monoisotopic (exact) mass is 403 g/mol. The highest BCUT2D eigenvalue weighted by molar-refractivity contribution is 7.89. The zero-order valence-corrected chi connectivity index (χ0v) is 14.4. The summed E-state index contributed by atoms with van der Waals surface area (Å²) in [7, 11) is -4.79. The van der Waals surface area contributed by atoms with Crippen LogP contribution in [0.1, 0.15) is 17.2 Å². The minimum Gasteiger partial charge on any atom is -0.395 e. The average Bonchev–Trinajstić information content (AvgIpc) is 2.62. The molecular weight excluding hydrogens is 390 g/mol. The molecule has 0 aliphatic rings. The molecule has 1 N–H and O–H groups in total. The number of halogens is 4. The molecule has 27 heavy (non-hydrogen) atoms. The van der Waals surface area contributed by atoms with E-state index < -0.39 is 51.7 Å². The van der Waals surface area contributed by atoms with Gasteiger partial charge in [0.15, 0.2) is 0 Å². The van der Waals surface area contributed by atoms with Crippen molar-refractivity contribution in [2.24, 2.45) is 0 Å². The van der Waals surface area contributed by atoms with Crippen molar-refractivity contribution < 1.29 is 31.1 Å². The van der Waals surface area contributed by atoms with Gasteiger partial charge in [-0.3, -0.25) is 4.98 Å². The summed E-state index contributed by atoms with van der Waals surface area (Å²) in [6, 6.07) is 3.04. The van der Waals surface area contributed by atoms with E-state index >= 15 is 0 Å². The number of sulfonamides is 1. The molecule has 1 heterocycles. The molecule has 0 amide bonds. The maximum atomic E-state index is 13.7. The van der Waals surface area contributed by atoms with Crippen LogP contribution < -0.4 is 0 Å². The van der Waals surface area contributed by atoms with Gasteiger partial charge in [0.2, 0.25) is 10.0 Å². The van der Waals surface area contributed by atoms with E-state index in [1.54, 1.807) is 6.07 Å². The number of nitrogens with zero attached hydrogens (tertiary/aromatic N) is 3. The summed E-state index contributed by atoms with van der Waals surface area (Å²) in [5.41, 5.74) is -0.685. The SMILES string of the molecule is N#Cc1cncc(S(=O)(=O)N(CCO)C(c2ccc(F)cc2)C(F)(F)F)c1. The van der Waals surface area contributed by atoms with E-state index in [2.05, 4.69) is 4.98 Å². The van der Waals surface area contributed by atoms with Crippen LogP contribution in [-0.2, 0) is 10.0 Å². The molecule has 1 unspecified atom stereocenters. The summed E-state index contributed by atoms with van der Waals surface area (Å²) in [4.78, 5) is 2.92. The summed E-state index contributed by atoms with van der Waals surface area (Å²) in [6.07, 6.45) is -3.20. The van der Waals surface area contributed by atoms with Crippen molar-refractivity contribution in [3.05, 3.63) is 59.7 Å². The molecular formula is C16H13F4N3O3S. The van der Waals surface area contributed by atoms with E-state index in [-0.39, 0.29) is 9.87 Å². The number of aromatic nitrogens is 1. The third-order valence-electron chi connectivity index (χ3n) is 3.55. The fraction of sp³-hybridized carbons (Fsp3) is 0.250. The first-order valence-electron chi connectivity index (χ1n) is 7.41. The van der Waals surface area contributed by atoms with E-state index in [0.29, 0.717) is 0 Å². The lowest BCUT2D eigenvalue weighted by Gasteiger charge is -2.32. The van der Waals surface area contributed by atoms with E-state index in [9.17, 15) is 26.0 Å². The zero-order valence-electron chi connectivity index (χ0n) is 13.6. The first-order valence-corrected chi connectivity index (χ1v) is 8.85. The lowest BCUT2D eigenvalue weighted by molar-refractivity contribution is -0.174. The highest BCUT2D eigenvalue weighted by Gasteiger charge is 2.49. The Morgan fingerprint density at radius 1 is 1.22 bits per heavy atom. The molecule has 0 fully saturated rings. The Morgan fingerprint density at radius 3 is 2.37 bits per heavy atom. The Hall–Kier alpha value is -2.55. The summed E-state index contributed by atoms with van der Waals surface area (Å²) < 4.78 is 79.9. The zero-order chi connectivity index (χ0) is 20.2. The predicted octanol–water partition coefficient (Wildman–Crippen LogP) is 2.38. The van der Waals surface area contributed by atoms with Crippen molar-refractivity contribution in [3.63, 3.8) is 0 Å². The molecule has 2 aromatic rings. The first kappa shape index (κ1) is 20.8. The predicted molar refractivity (Wildman–Crippen MR) is 85.1 cm³/mol. The van der Waals surface area contributed by atoms with Crippen LogP contribution >= 0.6 is 0 Å². The molecule has 0 bridgehead atoms. The molecule has 1 aromatic carbocycles. The highest BCUT2D eigenvalue weighted by Crippen LogP contribution is 2.40. The molecule has 0 saturated carbocycles. The van der Waals surface area contributed by atoms with Crippen LogP contribution in [0.5, 0.6) is 0 Å².